The molecule has 0 aromatic rings. The van der Waals surface area contributed by atoms with Gasteiger partial charge in [-0.25, -0.2) is 0 Å². The van der Waals surface area contributed by atoms with Crippen LogP contribution >= 0.6 is 0 Å². The van der Waals surface area contributed by atoms with Crippen LogP contribution in [0.3, 0.4) is 0 Å². The van der Waals surface area contributed by atoms with Crippen molar-refractivity contribution in [1.29, 1.82) is 0 Å². The van der Waals surface area contributed by atoms with Gasteiger partial charge in [-0.2, -0.15) is 13.2 Å². The fraction of sp³-hybridized carbons (Fsp3) is 1.00. The molecular formula is C11H23F3N2. The van der Waals surface area contributed by atoms with Gasteiger partial charge in [0, 0.05) is 12.6 Å². The van der Waals surface area contributed by atoms with Gasteiger partial charge in [-0.3, -0.25) is 4.90 Å². The van der Waals surface area contributed by atoms with E-state index in [0.717, 1.165) is 19.4 Å². The summed E-state index contributed by atoms with van der Waals surface area (Å²) < 4.78 is 36.8. The second kappa shape index (κ2) is 7.90. The first kappa shape index (κ1) is 15.7. The summed E-state index contributed by atoms with van der Waals surface area (Å²) in [6.45, 7) is 6.68. The standard InChI is InChI=1S/C11H23F3N2/c1-4-7-10(15-5-2)8-16(6-3)9-11(12,13)14/h10,15H,4-9H2,1-3H3. The van der Waals surface area contributed by atoms with E-state index >= 15 is 0 Å². The molecule has 0 bridgehead atoms. The third-order valence-electron chi connectivity index (χ3n) is 2.46. The van der Waals surface area contributed by atoms with E-state index in [1.165, 1.54) is 4.90 Å². The highest BCUT2D eigenvalue weighted by molar-refractivity contribution is 4.72. The quantitative estimate of drug-likeness (QED) is 0.701. The average molecular weight is 240 g/mol. The van der Waals surface area contributed by atoms with E-state index in [9.17, 15) is 13.2 Å². The fourth-order valence-corrected chi connectivity index (χ4v) is 1.77. The number of rotatable bonds is 8. The first-order chi connectivity index (χ1) is 7.42. The number of nitrogens with zero attached hydrogens (tertiary/aromatic N) is 1. The van der Waals surface area contributed by atoms with Crippen LogP contribution < -0.4 is 5.32 Å². The Morgan fingerprint density at radius 1 is 1.19 bits per heavy atom. The van der Waals surface area contributed by atoms with Crippen LogP contribution in [0.25, 0.3) is 0 Å². The minimum absolute atomic E-state index is 0.164. The molecule has 0 amide bonds. The van der Waals surface area contributed by atoms with Crippen molar-refractivity contribution in [2.24, 2.45) is 0 Å². The van der Waals surface area contributed by atoms with Crippen LogP contribution in [0, 0.1) is 0 Å². The van der Waals surface area contributed by atoms with Crippen LogP contribution in [0.2, 0.25) is 0 Å². The summed E-state index contributed by atoms with van der Waals surface area (Å²) in [5.41, 5.74) is 0. The lowest BCUT2D eigenvalue weighted by Crippen LogP contribution is -2.44. The molecule has 0 saturated heterocycles. The first-order valence-corrected chi connectivity index (χ1v) is 5.95. The second-order valence-corrected chi connectivity index (χ2v) is 3.99. The maximum Gasteiger partial charge on any atom is 0.401 e. The zero-order valence-electron chi connectivity index (χ0n) is 10.4. The molecule has 98 valence electrons. The van der Waals surface area contributed by atoms with Crippen molar-refractivity contribution in [3.8, 4) is 0 Å². The SMILES string of the molecule is CCCC(CN(CC)CC(F)(F)F)NCC. The van der Waals surface area contributed by atoms with Crippen LogP contribution in [0.1, 0.15) is 33.6 Å². The molecule has 0 fully saturated rings. The van der Waals surface area contributed by atoms with Gasteiger partial charge in [0.25, 0.3) is 0 Å². The third kappa shape index (κ3) is 7.93. The van der Waals surface area contributed by atoms with E-state index in [-0.39, 0.29) is 6.04 Å². The molecule has 1 atom stereocenters. The van der Waals surface area contributed by atoms with Crippen molar-refractivity contribution in [3.63, 3.8) is 0 Å². The van der Waals surface area contributed by atoms with Crippen molar-refractivity contribution in [1.82, 2.24) is 10.2 Å². The Balaban J connectivity index is 4.14. The maximum absolute atomic E-state index is 12.3. The summed E-state index contributed by atoms with van der Waals surface area (Å²) in [6.07, 6.45) is -2.19. The van der Waals surface area contributed by atoms with E-state index in [2.05, 4.69) is 5.32 Å². The summed E-state index contributed by atoms with van der Waals surface area (Å²) in [7, 11) is 0. The van der Waals surface area contributed by atoms with Crippen LogP contribution in [0.4, 0.5) is 13.2 Å². The number of hydrogen-bond donors (Lipinski definition) is 1. The van der Waals surface area contributed by atoms with Crippen molar-refractivity contribution < 1.29 is 13.2 Å². The number of nitrogens with one attached hydrogen (secondary N) is 1. The minimum atomic E-state index is -4.10. The summed E-state index contributed by atoms with van der Waals surface area (Å²) in [5.74, 6) is 0. The molecule has 0 rings (SSSR count). The zero-order valence-corrected chi connectivity index (χ0v) is 10.4. The zero-order chi connectivity index (χ0) is 12.6. The lowest BCUT2D eigenvalue weighted by molar-refractivity contribution is -0.146. The Morgan fingerprint density at radius 2 is 1.81 bits per heavy atom. The van der Waals surface area contributed by atoms with E-state index in [0.29, 0.717) is 13.1 Å². The van der Waals surface area contributed by atoms with Crippen LogP contribution in [-0.4, -0.2) is 43.3 Å². The molecule has 0 spiro atoms. The molecule has 0 aliphatic heterocycles. The van der Waals surface area contributed by atoms with Crippen LogP contribution in [-0.2, 0) is 0 Å². The van der Waals surface area contributed by atoms with Gasteiger partial charge < -0.3 is 5.32 Å². The molecule has 0 aliphatic carbocycles. The normalized spacial score (nSPS) is 14.4. The van der Waals surface area contributed by atoms with Gasteiger partial charge in [0.1, 0.15) is 0 Å². The summed E-state index contributed by atoms with van der Waals surface area (Å²) in [4.78, 5) is 1.45. The monoisotopic (exact) mass is 240 g/mol. The average Bonchev–Trinajstić information content (AvgIpc) is 2.15. The Morgan fingerprint density at radius 3 is 2.19 bits per heavy atom. The largest absolute Gasteiger partial charge is 0.401 e. The predicted octanol–water partition coefficient (Wildman–Crippen LogP) is 2.65. The number of hydrogen-bond acceptors (Lipinski definition) is 2. The molecule has 0 aliphatic rings. The molecule has 1 N–H and O–H groups in total. The highest BCUT2D eigenvalue weighted by atomic mass is 19.4. The molecular weight excluding hydrogens is 217 g/mol. The Labute approximate surface area is 96.2 Å². The van der Waals surface area contributed by atoms with Gasteiger partial charge in [0.2, 0.25) is 0 Å². The summed E-state index contributed by atoms with van der Waals surface area (Å²) in [6, 6.07) is 0.164. The Kier molecular flexibility index (Phi) is 7.76. The second-order valence-electron chi connectivity index (χ2n) is 3.99. The maximum atomic E-state index is 12.3. The highest BCUT2D eigenvalue weighted by Crippen LogP contribution is 2.16. The minimum Gasteiger partial charge on any atom is -0.313 e. The number of halogens is 3. The smallest absolute Gasteiger partial charge is 0.313 e. The topological polar surface area (TPSA) is 15.3 Å². The molecule has 2 nitrogen and oxygen atoms in total. The van der Waals surface area contributed by atoms with Crippen molar-refractivity contribution in [2.75, 3.05) is 26.2 Å². The van der Waals surface area contributed by atoms with Gasteiger partial charge in [-0.1, -0.05) is 27.2 Å². The van der Waals surface area contributed by atoms with Gasteiger partial charge in [0.05, 0.1) is 6.54 Å². The summed E-state index contributed by atoms with van der Waals surface area (Å²) >= 11 is 0. The van der Waals surface area contributed by atoms with Gasteiger partial charge in [-0.15, -0.1) is 0 Å². The molecule has 0 aromatic carbocycles. The first-order valence-electron chi connectivity index (χ1n) is 5.95. The van der Waals surface area contributed by atoms with Gasteiger partial charge >= 0.3 is 6.18 Å². The molecule has 0 heterocycles. The van der Waals surface area contributed by atoms with Gasteiger partial charge in [0.15, 0.2) is 0 Å². The van der Waals surface area contributed by atoms with Crippen molar-refractivity contribution in [2.45, 2.75) is 45.8 Å². The third-order valence-corrected chi connectivity index (χ3v) is 2.46. The number of likely N-dealkylation sites (N-methyl/N-ethyl adjacent to an activating group) is 2. The van der Waals surface area contributed by atoms with Crippen LogP contribution in [0.5, 0.6) is 0 Å². The fourth-order valence-electron chi connectivity index (χ4n) is 1.77. The van der Waals surface area contributed by atoms with Crippen LogP contribution in [0.15, 0.2) is 0 Å². The van der Waals surface area contributed by atoms with E-state index in [1.807, 2.05) is 13.8 Å². The molecule has 0 radical (unpaired) electrons. The van der Waals surface area contributed by atoms with E-state index < -0.39 is 12.7 Å². The van der Waals surface area contributed by atoms with E-state index in [4.69, 9.17) is 0 Å². The lowest BCUT2D eigenvalue weighted by Gasteiger charge is -2.27. The van der Waals surface area contributed by atoms with E-state index in [1.54, 1.807) is 6.92 Å². The molecule has 0 aromatic heterocycles. The number of alkyl halides is 3. The lowest BCUT2D eigenvalue weighted by atomic mass is 10.1. The highest BCUT2D eigenvalue weighted by Gasteiger charge is 2.30. The Hall–Kier alpha value is -0.290. The molecule has 16 heavy (non-hydrogen) atoms. The predicted molar refractivity (Wildman–Crippen MR) is 60.5 cm³/mol. The molecule has 1 unspecified atom stereocenters. The molecule has 0 saturated carbocycles. The summed E-state index contributed by atoms with van der Waals surface area (Å²) in [5, 5.41) is 3.23. The van der Waals surface area contributed by atoms with Crippen molar-refractivity contribution in [3.05, 3.63) is 0 Å². The molecule has 5 heteroatoms. The Bertz CT molecular complexity index is 165. The van der Waals surface area contributed by atoms with Gasteiger partial charge in [-0.05, 0) is 19.5 Å². The van der Waals surface area contributed by atoms with Crippen molar-refractivity contribution >= 4 is 0 Å².